The Balaban J connectivity index is 1.59. The Morgan fingerprint density at radius 3 is 2.27 bits per heavy atom. The van der Waals surface area contributed by atoms with Gasteiger partial charge < -0.3 is 5.73 Å². The van der Waals surface area contributed by atoms with E-state index in [4.69, 9.17) is 10.6 Å². The van der Waals surface area contributed by atoms with Crippen LogP contribution in [0.4, 0.5) is 0 Å². The first-order chi connectivity index (χ1) is 17.0. The predicted molar refractivity (Wildman–Crippen MR) is 147 cm³/mol. The molecule has 4 fully saturated rings. The van der Waals surface area contributed by atoms with Gasteiger partial charge >= 0.3 is 0 Å². The summed E-state index contributed by atoms with van der Waals surface area (Å²) in [6.07, 6.45) is 11.4. The molecule has 0 spiro atoms. The molecule has 0 aromatic heterocycles. The van der Waals surface area contributed by atoms with Gasteiger partial charge in [-0.2, -0.15) is 0 Å². The molecule has 5 aliphatic rings. The van der Waals surface area contributed by atoms with Gasteiger partial charge in [0.25, 0.3) is 5.91 Å². The van der Waals surface area contributed by atoms with Crippen LogP contribution in [0, 0.1) is 50.2 Å². The monoisotopic (exact) mass is 512 g/mol. The second-order valence-corrected chi connectivity index (χ2v) is 15.7. The average Bonchev–Trinajstić information content (AvgIpc) is 2.83. The standard InChI is InChI=1S/C32H52N2O3/c1-27(2)23-10-13-32(7)25(30(23,5)12-11-24(27)33)22(35)18-20-21-19-29(4,26(36)34(8)37-9)15-14-28(21,3)16-17-31(20,32)6/h18,21,23-25H,10-17,19,33H2,1-9H3/t21-,23?,24-,25-,28-,29+,30+,31-,32-/m1/s1. The fourth-order valence-electron chi connectivity index (χ4n) is 10.9. The summed E-state index contributed by atoms with van der Waals surface area (Å²) in [7, 11) is 3.28. The Kier molecular flexibility index (Phi) is 6.04. The zero-order valence-corrected chi connectivity index (χ0v) is 25.0. The van der Waals surface area contributed by atoms with E-state index in [-0.39, 0.29) is 50.9 Å². The molecular formula is C32H52N2O3. The van der Waals surface area contributed by atoms with Crippen molar-refractivity contribution in [3.05, 3.63) is 11.6 Å². The molecule has 0 radical (unpaired) electrons. The van der Waals surface area contributed by atoms with E-state index < -0.39 is 5.41 Å². The maximum atomic E-state index is 14.4. The molecule has 208 valence electrons. The summed E-state index contributed by atoms with van der Waals surface area (Å²) in [5.74, 6) is 1.18. The lowest BCUT2D eigenvalue weighted by atomic mass is 9.33. The van der Waals surface area contributed by atoms with Crippen LogP contribution in [0.25, 0.3) is 0 Å². The lowest BCUT2D eigenvalue weighted by Gasteiger charge is -2.70. The molecule has 5 heteroatoms. The number of fused-ring (bicyclic) bond motifs is 7. The summed E-state index contributed by atoms with van der Waals surface area (Å²) in [5.41, 5.74) is 7.64. The van der Waals surface area contributed by atoms with E-state index in [1.165, 1.54) is 17.1 Å². The van der Waals surface area contributed by atoms with Crippen molar-refractivity contribution < 1.29 is 14.4 Å². The van der Waals surface area contributed by atoms with Crippen LogP contribution in [-0.2, 0) is 14.4 Å². The third-order valence-corrected chi connectivity index (χ3v) is 13.8. The van der Waals surface area contributed by atoms with Crippen molar-refractivity contribution >= 4 is 11.7 Å². The number of hydrogen-bond acceptors (Lipinski definition) is 4. The average molecular weight is 513 g/mol. The van der Waals surface area contributed by atoms with Crippen molar-refractivity contribution in [2.24, 2.45) is 56.0 Å². The van der Waals surface area contributed by atoms with E-state index in [1.54, 1.807) is 14.2 Å². The number of hydrogen-bond donors (Lipinski definition) is 1. The lowest BCUT2D eigenvalue weighted by Crippen LogP contribution is -2.67. The lowest BCUT2D eigenvalue weighted by molar-refractivity contribution is -0.192. The van der Waals surface area contributed by atoms with Crippen LogP contribution in [0.3, 0.4) is 0 Å². The van der Waals surface area contributed by atoms with Crippen LogP contribution in [0.1, 0.15) is 106 Å². The third-order valence-electron chi connectivity index (χ3n) is 13.8. The van der Waals surface area contributed by atoms with Crippen molar-refractivity contribution in [1.82, 2.24) is 5.06 Å². The Bertz CT molecular complexity index is 1040. The largest absolute Gasteiger partial charge is 0.327 e. The summed E-state index contributed by atoms with van der Waals surface area (Å²) in [6, 6.07) is 0.202. The van der Waals surface area contributed by atoms with Gasteiger partial charge in [0, 0.05) is 24.4 Å². The maximum Gasteiger partial charge on any atom is 0.251 e. The minimum atomic E-state index is -0.470. The molecule has 0 aromatic carbocycles. The van der Waals surface area contributed by atoms with E-state index in [9.17, 15) is 9.59 Å². The highest BCUT2D eigenvalue weighted by atomic mass is 16.7. The van der Waals surface area contributed by atoms with Gasteiger partial charge in [-0.05, 0) is 103 Å². The summed E-state index contributed by atoms with van der Waals surface area (Å²) < 4.78 is 0. The highest BCUT2D eigenvalue weighted by molar-refractivity contribution is 5.95. The van der Waals surface area contributed by atoms with Gasteiger partial charge in [0.05, 0.1) is 7.11 Å². The van der Waals surface area contributed by atoms with E-state index in [1.807, 2.05) is 0 Å². The molecule has 0 saturated heterocycles. The minimum absolute atomic E-state index is 0.0204. The van der Waals surface area contributed by atoms with E-state index in [2.05, 4.69) is 54.5 Å². The fraction of sp³-hybridized carbons (Fsp3) is 0.875. The summed E-state index contributed by atoms with van der Waals surface area (Å²) in [6.45, 7) is 16.6. The van der Waals surface area contributed by atoms with Crippen molar-refractivity contribution in [3.8, 4) is 0 Å². The van der Waals surface area contributed by atoms with Gasteiger partial charge in [-0.1, -0.05) is 54.0 Å². The second kappa shape index (κ2) is 8.16. The predicted octanol–water partition coefficient (Wildman–Crippen LogP) is 6.31. The molecule has 2 N–H and O–H groups in total. The smallest absolute Gasteiger partial charge is 0.251 e. The number of hydroxylamine groups is 2. The number of amides is 1. The summed E-state index contributed by atoms with van der Waals surface area (Å²) in [5, 5.41) is 1.40. The molecule has 37 heavy (non-hydrogen) atoms. The topological polar surface area (TPSA) is 72.6 Å². The highest BCUT2D eigenvalue weighted by Gasteiger charge is 2.70. The quantitative estimate of drug-likeness (QED) is 0.440. The normalized spacial score (nSPS) is 50.6. The van der Waals surface area contributed by atoms with E-state index in [0.29, 0.717) is 11.7 Å². The SMILES string of the molecule is CON(C)C(=O)[C@@]1(C)CC[C@]2(C)CC[C@]3(C)C(=CC(=O)[C@@H]4[C@@]5(C)CC[C@@H](N)C(C)(C)C5CC[C@]43C)[C@H]2C1. The Morgan fingerprint density at radius 1 is 0.973 bits per heavy atom. The van der Waals surface area contributed by atoms with Crippen LogP contribution in [0.15, 0.2) is 11.6 Å². The molecule has 5 aliphatic carbocycles. The fourth-order valence-corrected chi connectivity index (χ4v) is 10.9. The van der Waals surface area contributed by atoms with Gasteiger partial charge in [0.1, 0.15) is 0 Å². The van der Waals surface area contributed by atoms with Crippen molar-refractivity contribution in [2.75, 3.05) is 14.2 Å². The van der Waals surface area contributed by atoms with Gasteiger partial charge in [0.15, 0.2) is 5.78 Å². The number of nitrogens with two attached hydrogens (primary N) is 1. The molecule has 0 aromatic rings. The summed E-state index contributed by atoms with van der Waals surface area (Å²) in [4.78, 5) is 33.1. The number of ketones is 1. The first kappa shape index (κ1) is 27.4. The van der Waals surface area contributed by atoms with Crippen LogP contribution < -0.4 is 5.73 Å². The van der Waals surface area contributed by atoms with Crippen molar-refractivity contribution in [3.63, 3.8) is 0 Å². The van der Waals surface area contributed by atoms with Crippen molar-refractivity contribution in [1.29, 1.82) is 0 Å². The zero-order valence-electron chi connectivity index (χ0n) is 25.0. The van der Waals surface area contributed by atoms with Crippen LogP contribution in [0.2, 0.25) is 0 Å². The minimum Gasteiger partial charge on any atom is -0.327 e. The first-order valence-electron chi connectivity index (χ1n) is 14.8. The van der Waals surface area contributed by atoms with Gasteiger partial charge in [0.2, 0.25) is 0 Å². The second-order valence-electron chi connectivity index (χ2n) is 15.7. The Morgan fingerprint density at radius 2 is 1.62 bits per heavy atom. The number of rotatable bonds is 2. The molecule has 1 amide bonds. The summed E-state index contributed by atoms with van der Waals surface area (Å²) >= 11 is 0. The molecule has 0 aliphatic heterocycles. The third kappa shape index (κ3) is 3.41. The van der Waals surface area contributed by atoms with Gasteiger partial charge in [-0.25, -0.2) is 5.06 Å². The van der Waals surface area contributed by atoms with Crippen LogP contribution in [-0.4, -0.2) is 37.0 Å². The number of carbonyl (C=O) groups is 2. The molecule has 5 rings (SSSR count). The Hall–Kier alpha value is -1.20. The molecule has 4 saturated carbocycles. The first-order valence-corrected chi connectivity index (χ1v) is 14.8. The molecule has 5 nitrogen and oxygen atoms in total. The van der Waals surface area contributed by atoms with Crippen molar-refractivity contribution in [2.45, 2.75) is 112 Å². The molecule has 0 heterocycles. The van der Waals surface area contributed by atoms with Gasteiger partial charge in [-0.3, -0.25) is 14.4 Å². The molecule has 9 atom stereocenters. The highest BCUT2D eigenvalue weighted by Crippen LogP contribution is 2.75. The van der Waals surface area contributed by atoms with E-state index in [0.717, 1.165) is 51.4 Å². The molecular weight excluding hydrogens is 460 g/mol. The maximum absolute atomic E-state index is 14.4. The number of allylic oxidation sites excluding steroid dienone is 2. The number of nitrogens with zero attached hydrogens (tertiary/aromatic N) is 1. The molecule has 1 unspecified atom stereocenters. The zero-order chi connectivity index (χ0) is 27.4. The van der Waals surface area contributed by atoms with E-state index >= 15 is 0 Å². The Labute approximate surface area is 225 Å². The molecule has 0 bridgehead atoms. The van der Waals surface area contributed by atoms with Crippen LogP contribution >= 0.6 is 0 Å². The number of carbonyl (C=O) groups excluding carboxylic acids is 2. The van der Waals surface area contributed by atoms with Crippen LogP contribution in [0.5, 0.6) is 0 Å². The van der Waals surface area contributed by atoms with Gasteiger partial charge in [-0.15, -0.1) is 0 Å².